The highest BCUT2D eigenvalue weighted by atomic mass is 35.5. The lowest BCUT2D eigenvalue weighted by atomic mass is 9.89. The topological polar surface area (TPSA) is 66.5 Å². The fraction of sp³-hybridized carbons (Fsp3) is 0.435. The average Bonchev–Trinajstić information content (AvgIpc) is 2.71. The Kier molecular flexibility index (Phi) is 7.09. The van der Waals surface area contributed by atoms with Gasteiger partial charge in [0.15, 0.2) is 0 Å². The van der Waals surface area contributed by atoms with Gasteiger partial charge in [-0.15, -0.1) is 0 Å². The van der Waals surface area contributed by atoms with Crippen LogP contribution < -0.4 is 9.62 Å². The summed E-state index contributed by atoms with van der Waals surface area (Å²) in [5.41, 5.74) is 4.86. The van der Waals surface area contributed by atoms with Crippen molar-refractivity contribution in [2.45, 2.75) is 52.0 Å². The number of sulfonamides is 1. The minimum absolute atomic E-state index is 0.161. The van der Waals surface area contributed by atoms with Crippen LogP contribution in [0.15, 0.2) is 36.4 Å². The van der Waals surface area contributed by atoms with Crippen LogP contribution in [0.2, 0.25) is 5.02 Å². The zero-order chi connectivity index (χ0) is 21.9. The molecule has 5 nitrogen and oxygen atoms in total. The molecule has 2 aromatic carbocycles. The molecule has 1 amide bonds. The van der Waals surface area contributed by atoms with Crippen LogP contribution in [0.1, 0.15) is 54.5 Å². The van der Waals surface area contributed by atoms with E-state index in [1.54, 1.807) is 25.1 Å². The van der Waals surface area contributed by atoms with Crippen molar-refractivity contribution in [3.63, 3.8) is 0 Å². The lowest BCUT2D eigenvalue weighted by molar-refractivity contribution is -0.120. The average molecular weight is 449 g/mol. The second kappa shape index (κ2) is 9.40. The molecular weight excluding hydrogens is 420 g/mol. The normalized spacial score (nSPS) is 14.7. The number of anilines is 1. The Morgan fingerprint density at radius 3 is 2.53 bits per heavy atom. The molecule has 0 radical (unpaired) electrons. The van der Waals surface area contributed by atoms with E-state index in [0.717, 1.165) is 35.4 Å². The number of nitrogens with one attached hydrogen (secondary N) is 1. The smallest absolute Gasteiger partial charge is 0.241 e. The summed E-state index contributed by atoms with van der Waals surface area (Å²) in [5.74, 6) is -0.343. The highest BCUT2D eigenvalue weighted by molar-refractivity contribution is 7.92. The van der Waals surface area contributed by atoms with Gasteiger partial charge in [-0.3, -0.25) is 9.10 Å². The summed E-state index contributed by atoms with van der Waals surface area (Å²) in [6.07, 6.45) is 6.43. The standard InChI is InChI=1S/C23H29ClN2O3S/c1-4-21(19-13-12-17-8-5-6-9-18(17)14-19)25-23(27)15-26(30(3,28)29)22-11-7-10-20(24)16(22)2/h7,10-14,21H,4-6,8-9,15H2,1-3H3,(H,25,27). The van der Waals surface area contributed by atoms with Gasteiger partial charge in [-0.05, 0) is 73.4 Å². The summed E-state index contributed by atoms with van der Waals surface area (Å²) in [5, 5.41) is 3.48. The first-order valence-electron chi connectivity index (χ1n) is 10.3. The number of nitrogens with zero attached hydrogens (tertiary/aromatic N) is 1. The first kappa shape index (κ1) is 22.6. The zero-order valence-corrected chi connectivity index (χ0v) is 19.3. The SMILES string of the molecule is CCC(NC(=O)CN(c1cccc(Cl)c1C)S(C)(=O)=O)c1ccc2c(c1)CCCC2. The van der Waals surface area contributed by atoms with Crippen LogP contribution in [0.4, 0.5) is 5.69 Å². The van der Waals surface area contributed by atoms with Crippen LogP contribution in [0.3, 0.4) is 0 Å². The Labute approximate surface area is 184 Å². The summed E-state index contributed by atoms with van der Waals surface area (Å²) in [6.45, 7) is 3.47. The molecule has 1 atom stereocenters. The van der Waals surface area contributed by atoms with E-state index in [4.69, 9.17) is 11.6 Å². The lowest BCUT2D eigenvalue weighted by Gasteiger charge is -2.26. The third-order valence-electron chi connectivity index (χ3n) is 5.71. The van der Waals surface area contributed by atoms with Gasteiger partial charge < -0.3 is 5.32 Å². The molecule has 2 aromatic rings. The first-order valence-corrected chi connectivity index (χ1v) is 12.6. The van der Waals surface area contributed by atoms with Crippen LogP contribution in [-0.2, 0) is 27.7 Å². The number of benzene rings is 2. The Morgan fingerprint density at radius 1 is 1.17 bits per heavy atom. The molecule has 0 spiro atoms. The molecule has 1 aliphatic rings. The van der Waals surface area contributed by atoms with Crippen molar-refractivity contribution in [3.05, 3.63) is 63.7 Å². The Morgan fingerprint density at radius 2 is 1.87 bits per heavy atom. The lowest BCUT2D eigenvalue weighted by Crippen LogP contribution is -2.41. The number of hydrogen-bond acceptors (Lipinski definition) is 3. The molecule has 0 bridgehead atoms. The van der Waals surface area contributed by atoms with E-state index >= 15 is 0 Å². The molecule has 30 heavy (non-hydrogen) atoms. The van der Waals surface area contributed by atoms with E-state index < -0.39 is 10.0 Å². The third kappa shape index (κ3) is 5.16. The molecule has 3 rings (SSSR count). The van der Waals surface area contributed by atoms with Crippen molar-refractivity contribution in [2.24, 2.45) is 0 Å². The quantitative estimate of drug-likeness (QED) is 0.675. The number of aryl methyl sites for hydroxylation is 2. The van der Waals surface area contributed by atoms with Gasteiger partial charge in [0.25, 0.3) is 0 Å². The molecule has 162 valence electrons. The first-order chi connectivity index (χ1) is 14.2. The molecule has 7 heteroatoms. The van der Waals surface area contributed by atoms with Crippen molar-refractivity contribution in [1.29, 1.82) is 0 Å². The van der Waals surface area contributed by atoms with Gasteiger partial charge in [0.2, 0.25) is 15.9 Å². The van der Waals surface area contributed by atoms with Crippen molar-refractivity contribution >= 4 is 33.2 Å². The molecule has 0 saturated heterocycles. The van der Waals surface area contributed by atoms with Gasteiger partial charge in [-0.2, -0.15) is 0 Å². The van der Waals surface area contributed by atoms with Crippen LogP contribution in [0, 0.1) is 6.92 Å². The number of carbonyl (C=O) groups is 1. The van der Waals surface area contributed by atoms with Gasteiger partial charge in [-0.25, -0.2) is 8.42 Å². The third-order valence-corrected chi connectivity index (χ3v) is 7.25. The van der Waals surface area contributed by atoms with Crippen LogP contribution in [0.25, 0.3) is 0 Å². The number of amides is 1. The van der Waals surface area contributed by atoms with Crippen molar-refractivity contribution in [1.82, 2.24) is 5.32 Å². The number of fused-ring (bicyclic) bond motifs is 1. The minimum Gasteiger partial charge on any atom is -0.348 e. The Hall–Kier alpha value is -2.05. The number of rotatable bonds is 7. The predicted molar refractivity (Wildman–Crippen MR) is 123 cm³/mol. The van der Waals surface area contributed by atoms with Crippen LogP contribution in [-0.4, -0.2) is 27.1 Å². The zero-order valence-electron chi connectivity index (χ0n) is 17.7. The maximum absolute atomic E-state index is 12.9. The van der Waals surface area contributed by atoms with Crippen LogP contribution >= 0.6 is 11.6 Å². The van der Waals surface area contributed by atoms with Crippen molar-refractivity contribution in [2.75, 3.05) is 17.1 Å². The second-order valence-electron chi connectivity index (χ2n) is 7.92. The van der Waals surface area contributed by atoms with E-state index in [2.05, 4.69) is 23.5 Å². The molecule has 1 N–H and O–H groups in total. The van der Waals surface area contributed by atoms with E-state index in [1.165, 1.54) is 24.0 Å². The van der Waals surface area contributed by atoms with Crippen LogP contribution in [0.5, 0.6) is 0 Å². The van der Waals surface area contributed by atoms with E-state index in [0.29, 0.717) is 16.3 Å². The maximum atomic E-state index is 12.9. The maximum Gasteiger partial charge on any atom is 0.241 e. The van der Waals surface area contributed by atoms with Gasteiger partial charge >= 0.3 is 0 Å². The van der Waals surface area contributed by atoms with E-state index in [-0.39, 0.29) is 18.5 Å². The number of carbonyl (C=O) groups excluding carboxylic acids is 1. The monoisotopic (exact) mass is 448 g/mol. The predicted octanol–water partition coefficient (Wildman–Crippen LogP) is 4.56. The summed E-state index contributed by atoms with van der Waals surface area (Å²) in [7, 11) is -3.66. The molecule has 0 aliphatic heterocycles. The fourth-order valence-corrected chi connectivity index (χ4v) is 5.09. The molecule has 1 unspecified atom stereocenters. The fourth-order valence-electron chi connectivity index (χ4n) is 4.01. The van der Waals surface area contributed by atoms with Crippen molar-refractivity contribution in [3.8, 4) is 0 Å². The summed E-state index contributed by atoms with van der Waals surface area (Å²) < 4.78 is 26.0. The van der Waals surface area contributed by atoms with Gasteiger partial charge in [0, 0.05) is 5.02 Å². The molecule has 0 heterocycles. The second-order valence-corrected chi connectivity index (χ2v) is 10.2. The minimum atomic E-state index is -3.66. The number of halogens is 1. The highest BCUT2D eigenvalue weighted by Gasteiger charge is 2.24. The van der Waals surface area contributed by atoms with Gasteiger partial charge in [0.1, 0.15) is 6.54 Å². The van der Waals surface area contributed by atoms with Gasteiger partial charge in [0.05, 0.1) is 18.0 Å². The molecule has 0 aromatic heterocycles. The Balaban J connectivity index is 1.80. The highest BCUT2D eigenvalue weighted by Crippen LogP contribution is 2.29. The van der Waals surface area contributed by atoms with Crippen molar-refractivity contribution < 1.29 is 13.2 Å². The molecular formula is C23H29ClN2O3S. The van der Waals surface area contributed by atoms with E-state index in [1.807, 2.05) is 6.92 Å². The molecule has 1 aliphatic carbocycles. The molecule has 0 saturated carbocycles. The van der Waals surface area contributed by atoms with Gasteiger partial charge in [-0.1, -0.05) is 42.8 Å². The molecule has 0 fully saturated rings. The summed E-state index contributed by atoms with van der Waals surface area (Å²) >= 11 is 6.17. The Bertz CT molecular complexity index is 1040. The summed E-state index contributed by atoms with van der Waals surface area (Å²) in [4.78, 5) is 12.9. The van der Waals surface area contributed by atoms with E-state index in [9.17, 15) is 13.2 Å². The number of hydrogen-bond donors (Lipinski definition) is 1. The largest absolute Gasteiger partial charge is 0.348 e. The summed E-state index contributed by atoms with van der Waals surface area (Å²) in [6, 6.07) is 11.3.